The van der Waals surface area contributed by atoms with E-state index in [0.29, 0.717) is 10.5 Å². The van der Waals surface area contributed by atoms with Crippen molar-refractivity contribution in [1.29, 1.82) is 0 Å². The lowest BCUT2D eigenvalue weighted by atomic mass is 9.88. The lowest BCUT2D eigenvalue weighted by Gasteiger charge is -2.18. The Morgan fingerprint density at radius 2 is 1.95 bits per heavy atom. The molecule has 1 aliphatic rings. The number of likely N-dealkylation sites (tertiary alicyclic amines) is 1. The molecule has 8 heteroatoms. The van der Waals surface area contributed by atoms with Crippen LogP contribution in [0.1, 0.15) is 17.0 Å². The molecule has 1 amide bonds. The third-order valence-corrected chi connectivity index (χ3v) is 4.05. The number of amides is 1. The number of nitrogens with zero attached hydrogens (tertiary/aromatic N) is 1. The SMILES string of the molecule is Cc1ccc([C@@H]2CN(C(=O)C(F)(F)F)C[C@H]2C(=O)O)c(Cl)c1. The zero-order valence-corrected chi connectivity index (χ0v) is 12.3. The lowest BCUT2D eigenvalue weighted by molar-refractivity contribution is -0.184. The van der Waals surface area contributed by atoms with Crippen LogP contribution in [-0.2, 0) is 9.59 Å². The smallest absolute Gasteiger partial charge is 0.471 e. The fourth-order valence-corrected chi connectivity index (χ4v) is 3.02. The van der Waals surface area contributed by atoms with E-state index in [-0.39, 0.29) is 11.6 Å². The van der Waals surface area contributed by atoms with Crippen molar-refractivity contribution < 1.29 is 27.9 Å². The van der Waals surface area contributed by atoms with Crippen molar-refractivity contribution in [3.8, 4) is 0 Å². The van der Waals surface area contributed by atoms with Crippen LogP contribution in [0.4, 0.5) is 13.2 Å². The predicted octanol–water partition coefficient (Wildman–Crippen LogP) is 2.84. The molecule has 1 N–H and O–H groups in total. The number of alkyl halides is 3. The summed E-state index contributed by atoms with van der Waals surface area (Å²) < 4.78 is 37.6. The molecule has 0 saturated carbocycles. The van der Waals surface area contributed by atoms with Crippen molar-refractivity contribution in [3.63, 3.8) is 0 Å². The molecule has 1 heterocycles. The highest BCUT2D eigenvalue weighted by Crippen LogP contribution is 2.38. The van der Waals surface area contributed by atoms with Crippen molar-refractivity contribution in [1.82, 2.24) is 4.90 Å². The minimum Gasteiger partial charge on any atom is -0.481 e. The van der Waals surface area contributed by atoms with E-state index in [0.717, 1.165) is 5.56 Å². The van der Waals surface area contributed by atoms with Crippen LogP contribution in [-0.4, -0.2) is 41.1 Å². The Balaban J connectivity index is 2.33. The van der Waals surface area contributed by atoms with Gasteiger partial charge in [-0.05, 0) is 24.1 Å². The molecule has 0 spiro atoms. The molecule has 2 rings (SSSR count). The standard InChI is InChI=1S/C14H13ClF3NO3/c1-7-2-3-8(11(15)4-7)9-5-19(6-10(9)12(20)21)13(22)14(16,17)18/h2-4,9-10H,5-6H2,1H3,(H,20,21)/t9-,10+/m0/s1. The van der Waals surface area contributed by atoms with Crippen LogP contribution < -0.4 is 0 Å². The van der Waals surface area contributed by atoms with E-state index in [2.05, 4.69) is 0 Å². The van der Waals surface area contributed by atoms with E-state index >= 15 is 0 Å². The molecule has 1 fully saturated rings. The second kappa shape index (κ2) is 5.79. The molecule has 0 aliphatic carbocycles. The van der Waals surface area contributed by atoms with Gasteiger partial charge in [-0.2, -0.15) is 13.2 Å². The van der Waals surface area contributed by atoms with E-state index in [9.17, 15) is 27.9 Å². The predicted molar refractivity (Wildman–Crippen MR) is 72.7 cm³/mol. The molecule has 120 valence electrons. The number of aryl methyl sites for hydroxylation is 1. The topological polar surface area (TPSA) is 57.6 Å². The zero-order chi connectivity index (χ0) is 16.7. The van der Waals surface area contributed by atoms with Gasteiger partial charge in [0.15, 0.2) is 0 Å². The van der Waals surface area contributed by atoms with E-state index in [1.807, 2.05) is 0 Å². The van der Waals surface area contributed by atoms with Gasteiger partial charge in [0.05, 0.1) is 5.92 Å². The van der Waals surface area contributed by atoms with E-state index in [4.69, 9.17) is 11.6 Å². The van der Waals surface area contributed by atoms with Gasteiger partial charge < -0.3 is 10.0 Å². The number of carbonyl (C=O) groups is 2. The van der Waals surface area contributed by atoms with Crippen molar-refractivity contribution in [2.75, 3.05) is 13.1 Å². The molecule has 0 radical (unpaired) electrons. The number of benzene rings is 1. The van der Waals surface area contributed by atoms with Gasteiger partial charge in [-0.15, -0.1) is 0 Å². The molecule has 4 nitrogen and oxygen atoms in total. The number of carboxylic acids is 1. The highest BCUT2D eigenvalue weighted by atomic mass is 35.5. The van der Waals surface area contributed by atoms with Crippen LogP contribution in [0.15, 0.2) is 18.2 Å². The van der Waals surface area contributed by atoms with Crippen LogP contribution in [0.3, 0.4) is 0 Å². The molecule has 2 atom stereocenters. The maximum absolute atomic E-state index is 12.5. The number of aliphatic carboxylic acids is 1. The van der Waals surface area contributed by atoms with Gasteiger partial charge in [0.2, 0.25) is 0 Å². The second-order valence-electron chi connectivity index (χ2n) is 5.28. The fourth-order valence-electron chi connectivity index (χ4n) is 2.65. The first-order chi connectivity index (χ1) is 10.1. The van der Waals surface area contributed by atoms with E-state index in [1.165, 1.54) is 0 Å². The molecule has 0 unspecified atom stereocenters. The van der Waals surface area contributed by atoms with Crippen LogP contribution in [0.2, 0.25) is 5.02 Å². The van der Waals surface area contributed by atoms with E-state index in [1.54, 1.807) is 25.1 Å². The molecule has 0 bridgehead atoms. The Morgan fingerprint density at radius 3 is 2.45 bits per heavy atom. The molecular weight excluding hydrogens is 323 g/mol. The van der Waals surface area contributed by atoms with Crippen molar-refractivity contribution in [2.24, 2.45) is 5.92 Å². The minimum atomic E-state index is -5.02. The summed E-state index contributed by atoms with van der Waals surface area (Å²) in [6.07, 6.45) is -5.02. The van der Waals surface area contributed by atoms with Crippen LogP contribution in [0, 0.1) is 12.8 Å². The maximum atomic E-state index is 12.5. The van der Waals surface area contributed by atoms with Crippen molar-refractivity contribution in [3.05, 3.63) is 34.3 Å². The summed E-state index contributed by atoms with van der Waals surface area (Å²) in [6.45, 7) is 0.985. The summed E-state index contributed by atoms with van der Waals surface area (Å²) >= 11 is 6.08. The van der Waals surface area contributed by atoms with Gasteiger partial charge in [-0.3, -0.25) is 9.59 Å². The number of carboxylic acid groups (broad SMARTS) is 1. The number of hydrogen-bond donors (Lipinski definition) is 1. The molecule has 1 saturated heterocycles. The average Bonchev–Trinajstić information content (AvgIpc) is 2.81. The first-order valence-corrected chi connectivity index (χ1v) is 6.84. The number of halogens is 4. The maximum Gasteiger partial charge on any atom is 0.471 e. The monoisotopic (exact) mass is 335 g/mol. The third-order valence-electron chi connectivity index (χ3n) is 3.72. The number of carbonyl (C=O) groups excluding carboxylic acids is 1. The molecule has 22 heavy (non-hydrogen) atoms. The summed E-state index contributed by atoms with van der Waals surface area (Å²) in [4.78, 5) is 23.2. The molecule has 1 aliphatic heterocycles. The Bertz CT molecular complexity index is 618. The summed E-state index contributed by atoms with van der Waals surface area (Å²) in [7, 11) is 0. The Morgan fingerprint density at radius 1 is 1.32 bits per heavy atom. The lowest BCUT2D eigenvalue weighted by Crippen LogP contribution is -2.40. The fraction of sp³-hybridized carbons (Fsp3) is 0.429. The van der Waals surface area contributed by atoms with Crippen LogP contribution in [0.25, 0.3) is 0 Å². The van der Waals surface area contributed by atoms with Gasteiger partial charge >= 0.3 is 18.1 Å². The van der Waals surface area contributed by atoms with E-state index < -0.39 is 36.4 Å². The summed E-state index contributed by atoms with van der Waals surface area (Å²) in [5.41, 5.74) is 1.29. The number of hydrogen-bond acceptors (Lipinski definition) is 2. The number of rotatable bonds is 2. The molecule has 1 aromatic carbocycles. The second-order valence-corrected chi connectivity index (χ2v) is 5.69. The first-order valence-electron chi connectivity index (χ1n) is 6.46. The summed E-state index contributed by atoms with van der Waals surface area (Å²) in [5.74, 6) is -5.16. The summed E-state index contributed by atoms with van der Waals surface area (Å²) in [6, 6.07) is 4.91. The largest absolute Gasteiger partial charge is 0.481 e. The normalized spacial score (nSPS) is 22.0. The van der Waals surface area contributed by atoms with Gasteiger partial charge in [0.1, 0.15) is 0 Å². The Hall–Kier alpha value is -1.76. The van der Waals surface area contributed by atoms with Gasteiger partial charge in [0.25, 0.3) is 0 Å². The van der Waals surface area contributed by atoms with Crippen LogP contribution >= 0.6 is 11.6 Å². The van der Waals surface area contributed by atoms with Crippen molar-refractivity contribution in [2.45, 2.75) is 19.0 Å². The highest BCUT2D eigenvalue weighted by molar-refractivity contribution is 6.31. The summed E-state index contributed by atoms with van der Waals surface area (Å²) in [5, 5.41) is 9.52. The van der Waals surface area contributed by atoms with Crippen molar-refractivity contribution >= 4 is 23.5 Å². The molecule has 1 aromatic rings. The Labute approximate surface area is 129 Å². The van der Waals surface area contributed by atoms with Gasteiger partial charge in [-0.1, -0.05) is 23.7 Å². The average molecular weight is 336 g/mol. The molecular formula is C14H13ClF3NO3. The first kappa shape index (κ1) is 16.6. The third kappa shape index (κ3) is 3.19. The molecule has 0 aromatic heterocycles. The zero-order valence-electron chi connectivity index (χ0n) is 11.5. The highest BCUT2D eigenvalue weighted by Gasteiger charge is 2.49. The quantitative estimate of drug-likeness (QED) is 0.904. The minimum absolute atomic E-state index is 0.289. The van der Waals surface area contributed by atoms with Gasteiger partial charge in [-0.25, -0.2) is 0 Å². The van der Waals surface area contributed by atoms with Crippen LogP contribution in [0.5, 0.6) is 0 Å². The van der Waals surface area contributed by atoms with Gasteiger partial charge in [0, 0.05) is 24.0 Å². The Kier molecular flexibility index (Phi) is 4.37.